The molecule has 4 nitrogen and oxygen atoms in total. The van der Waals surface area contributed by atoms with Gasteiger partial charge in [0.1, 0.15) is 5.75 Å². The number of para-hydroxylation sites is 1. The van der Waals surface area contributed by atoms with Crippen LogP contribution in [0.5, 0.6) is 5.75 Å². The molecule has 0 amide bonds. The molecule has 2 rings (SSSR count). The van der Waals surface area contributed by atoms with E-state index in [1.807, 2.05) is 31.2 Å². The average Bonchev–Trinajstić information content (AvgIpc) is 2.53. The van der Waals surface area contributed by atoms with Gasteiger partial charge in [-0.25, -0.2) is 0 Å². The number of unbranched alkanes of at least 4 members (excludes halogenated alkanes) is 1. The first-order valence-electron chi connectivity index (χ1n) is 8.73. The predicted octanol–water partition coefficient (Wildman–Crippen LogP) is 3.55. The van der Waals surface area contributed by atoms with E-state index in [9.17, 15) is 4.79 Å². The maximum absolute atomic E-state index is 11.9. The molecule has 0 spiro atoms. The summed E-state index contributed by atoms with van der Waals surface area (Å²) in [5.41, 5.74) is 0.700. The Hall–Kier alpha value is -1.39. The van der Waals surface area contributed by atoms with Gasteiger partial charge < -0.3 is 9.47 Å². The first kappa shape index (κ1) is 18.0. The van der Waals surface area contributed by atoms with E-state index in [4.69, 9.17) is 9.47 Å². The van der Waals surface area contributed by atoms with Crippen molar-refractivity contribution >= 4 is 5.78 Å². The van der Waals surface area contributed by atoms with Gasteiger partial charge >= 0.3 is 0 Å². The highest BCUT2D eigenvalue weighted by Gasteiger charge is 2.21. The molecule has 1 aromatic rings. The summed E-state index contributed by atoms with van der Waals surface area (Å²) >= 11 is 0. The first-order valence-corrected chi connectivity index (χ1v) is 8.73. The quantitative estimate of drug-likeness (QED) is 0.542. The lowest BCUT2D eigenvalue weighted by atomic mass is 10.1. The van der Waals surface area contributed by atoms with Gasteiger partial charge in [-0.1, -0.05) is 19.1 Å². The molecule has 2 atom stereocenters. The van der Waals surface area contributed by atoms with Crippen LogP contribution in [0.1, 0.15) is 50.4 Å². The van der Waals surface area contributed by atoms with E-state index in [0.717, 1.165) is 32.5 Å². The third-order valence-electron chi connectivity index (χ3n) is 4.13. The molecule has 23 heavy (non-hydrogen) atoms. The summed E-state index contributed by atoms with van der Waals surface area (Å²) in [4.78, 5) is 14.4. The highest BCUT2D eigenvalue weighted by Crippen LogP contribution is 2.20. The maximum Gasteiger partial charge on any atom is 0.166 e. The standard InChI is InChI=1S/C19H29NO3/c1-4-18(21)17-9-5-6-10-19(17)22-12-8-7-11-20-13-15(2)23-16(3)14-20/h5-6,9-10,15-16H,4,7-8,11-14H2,1-3H3/t15-,16-/m1/s1. The van der Waals surface area contributed by atoms with Gasteiger partial charge in [0.2, 0.25) is 0 Å². The van der Waals surface area contributed by atoms with Crippen LogP contribution < -0.4 is 4.74 Å². The highest BCUT2D eigenvalue weighted by molar-refractivity contribution is 5.98. The van der Waals surface area contributed by atoms with E-state index in [0.29, 0.717) is 36.5 Å². The summed E-state index contributed by atoms with van der Waals surface area (Å²) in [6.07, 6.45) is 3.25. The Balaban J connectivity index is 1.71. The monoisotopic (exact) mass is 319 g/mol. The molecule has 1 saturated heterocycles. The minimum atomic E-state index is 0.136. The number of hydrogen-bond donors (Lipinski definition) is 0. The zero-order valence-electron chi connectivity index (χ0n) is 14.6. The molecule has 1 fully saturated rings. The Morgan fingerprint density at radius 2 is 1.91 bits per heavy atom. The molecular weight excluding hydrogens is 290 g/mol. The van der Waals surface area contributed by atoms with Gasteiger partial charge in [0, 0.05) is 19.5 Å². The Labute approximate surface area is 139 Å². The second-order valence-corrected chi connectivity index (χ2v) is 6.35. The molecule has 0 saturated carbocycles. The minimum Gasteiger partial charge on any atom is -0.493 e. The smallest absolute Gasteiger partial charge is 0.166 e. The summed E-state index contributed by atoms with van der Waals surface area (Å²) in [6, 6.07) is 7.53. The number of hydrogen-bond acceptors (Lipinski definition) is 4. The molecule has 0 unspecified atom stereocenters. The number of nitrogens with zero attached hydrogens (tertiary/aromatic N) is 1. The first-order chi connectivity index (χ1) is 11.1. The topological polar surface area (TPSA) is 38.8 Å². The van der Waals surface area contributed by atoms with Gasteiger partial charge in [-0.15, -0.1) is 0 Å². The van der Waals surface area contributed by atoms with Crippen molar-refractivity contribution in [3.8, 4) is 5.75 Å². The van der Waals surface area contributed by atoms with Crippen LogP contribution in [0.15, 0.2) is 24.3 Å². The molecular formula is C19H29NO3. The number of ketones is 1. The minimum absolute atomic E-state index is 0.136. The Kier molecular flexibility index (Phi) is 7.06. The van der Waals surface area contributed by atoms with E-state index in [1.165, 1.54) is 0 Å². The molecule has 0 N–H and O–H groups in total. The number of rotatable bonds is 8. The lowest BCUT2D eigenvalue weighted by Gasteiger charge is -2.35. The van der Waals surface area contributed by atoms with E-state index < -0.39 is 0 Å². The summed E-state index contributed by atoms with van der Waals surface area (Å²) in [6.45, 7) is 9.91. The number of carbonyl (C=O) groups excluding carboxylic acids is 1. The second kappa shape index (κ2) is 9.04. The molecule has 0 radical (unpaired) electrons. The van der Waals surface area contributed by atoms with Crippen molar-refractivity contribution in [2.45, 2.75) is 52.2 Å². The molecule has 1 heterocycles. The zero-order chi connectivity index (χ0) is 16.7. The average molecular weight is 319 g/mol. The third-order valence-corrected chi connectivity index (χ3v) is 4.13. The molecule has 4 heteroatoms. The van der Waals surface area contributed by atoms with Crippen molar-refractivity contribution in [2.75, 3.05) is 26.2 Å². The Morgan fingerprint density at radius 1 is 1.22 bits per heavy atom. The highest BCUT2D eigenvalue weighted by atomic mass is 16.5. The summed E-state index contributed by atoms with van der Waals surface area (Å²) in [5.74, 6) is 0.852. The third kappa shape index (κ3) is 5.63. The van der Waals surface area contributed by atoms with Crippen molar-refractivity contribution in [1.82, 2.24) is 4.90 Å². The van der Waals surface area contributed by atoms with Gasteiger partial charge in [-0.2, -0.15) is 0 Å². The van der Waals surface area contributed by atoms with Gasteiger partial charge in [-0.05, 0) is 45.4 Å². The number of Topliss-reactive ketones (excluding diaryl/α,β-unsaturated/α-hetero) is 1. The fourth-order valence-corrected chi connectivity index (χ4v) is 3.10. The lowest BCUT2D eigenvalue weighted by molar-refractivity contribution is -0.0682. The van der Waals surface area contributed by atoms with Crippen molar-refractivity contribution in [1.29, 1.82) is 0 Å². The SMILES string of the molecule is CCC(=O)c1ccccc1OCCCCN1C[C@@H](C)O[C@H](C)C1. The van der Waals surface area contributed by atoms with Gasteiger partial charge in [0.25, 0.3) is 0 Å². The second-order valence-electron chi connectivity index (χ2n) is 6.35. The summed E-state index contributed by atoms with van der Waals surface area (Å²) in [5, 5.41) is 0. The largest absolute Gasteiger partial charge is 0.493 e. The molecule has 0 bridgehead atoms. The molecule has 1 aromatic carbocycles. The van der Waals surface area contributed by atoms with Crippen molar-refractivity contribution in [3.05, 3.63) is 29.8 Å². The summed E-state index contributed by atoms with van der Waals surface area (Å²) < 4.78 is 11.6. The lowest BCUT2D eigenvalue weighted by Crippen LogP contribution is -2.45. The fourth-order valence-electron chi connectivity index (χ4n) is 3.10. The van der Waals surface area contributed by atoms with Gasteiger partial charge in [-0.3, -0.25) is 9.69 Å². The van der Waals surface area contributed by atoms with E-state index in [1.54, 1.807) is 0 Å². The normalized spacial score (nSPS) is 22.0. The summed E-state index contributed by atoms with van der Waals surface area (Å²) in [7, 11) is 0. The zero-order valence-corrected chi connectivity index (χ0v) is 14.6. The number of carbonyl (C=O) groups is 1. The van der Waals surface area contributed by atoms with Gasteiger partial charge in [0.05, 0.1) is 24.4 Å². The van der Waals surface area contributed by atoms with Crippen LogP contribution >= 0.6 is 0 Å². The number of morpholine rings is 1. The van der Waals surface area contributed by atoms with Crippen molar-refractivity contribution in [2.24, 2.45) is 0 Å². The van der Waals surface area contributed by atoms with E-state index >= 15 is 0 Å². The van der Waals surface area contributed by atoms with Crippen LogP contribution in [0.2, 0.25) is 0 Å². The molecule has 128 valence electrons. The van der Waals surface area contributed by atoms with E-state index in [-0.39, 0.29) is 5.78 Å². The molecule has 0 aromatic heterocycles. The van der Waals surface area contributed by atoms with Crippen LogP contribution in [0.25, 0.3) is 0 Å². The van der Waals surface area contributed by atoms with Crippen LogP contribution in [0.3, 0.4) is 0 Å². The molecule has 0 aliphatic carbocycles. The van der Waals surface area contributed by atoms with Crippen LogP contribution in [-0.4, -0.2) is 49.1 Å². The maximum atomic E-state index is 11.9. The van der Waals surface area contributed by atoms with Crippen LogP contribution in [0, 0.1) is 0 Å². The van der Waals surface area contributed by atoms with Gasteiger partial charge in [0.15, 0.2) is 5.78 Å². The van der Waals surface area contributed by atoms with Crippen molar-refractivity contribution in [3.63, 3.8) is 0 Å². The van der Waals surface area contributed by atoms with E-state index in [2.05, 4.69) is 18.7 Å². The van der Waals surface area contributed by atoms with Crippen molar-refractivity contribution < 1.29 is 14.3 Å². The van der Waals surface area contributed by atoms with Crippen LogP contribution in [0.4, 0.5) is 0 Å². The molecule has 1 aliphatic heterocycles. The Morgan fingerprint density at radius 3 is 2.61 bits per heavy atom. The number of benzene rings is 1. The predicted molar refractivity (Wildman–Crippen MR) is 92.2 cm³/mol. The molecule has 1 aliphatic rings. The number of ether oxygens (including phenoxy) is 2. The van der Waals surface area contributed by atoms with Crippen LogP contribution in [-0.2, 0) is 4.74 Å². The fraction of sp³-hybridized carbons (Fsp3) is 0.632. The Bertz CT molecular complexity index is 493.